The lowest BCUT2D eigenvalue weighted by molar-refractivity contribution is 0.0296. The van der Waals surface area contributed by atoms with Gasteiger partial charge in [-0.2, -0.15) is 0 Å². The number of hydrogen-bond donors (Lipinski definition) is 0. The summed E-state index contributed by atoms with van der Waals surface area (Å²) < 4.78 is 15.8. The molecular formula is C18H36O3. The van der Waals surface area contributed by atoms with Gasteiger partial charge in [0, 0.05) is 6.61 Å². The van der Waals surface area contributed by atoms with Gasteiger partial charge in [0.2, 0.25) is 0 Å². The van der Waals surface area contributed by atoms with E-state index in [-0.39, 0.29) is 0 Å². The minimum Gasteiger partial charge on any atom is -0.499 e. The minimum absolute atomic E-state index is 0.571. The average molecular weight is 300 g/mol. The molecule has 0 saturated carbocycles. The van der Waals surface area contributed by atoms with Gasteiger partial charge >= 0.3 is 0 Å². The Morgan fingerprint density at radius 2 is 1.10 bits per heavy atom. The summed E-state index contributed by atoms with van der Waals surface area (Å²) in [7, 11) is 0. The minimum atomic E-state index is 0.571. The molecule has 0 unspecified atom stereocenters. The van der Waals surface area contributed by atoms with Crippen LogP contribution in [0.2, 0.25) is 0 Å². The van der Waals surface area contributed by atoms with Crippen molar-refractivity contribution in [3.05, 3.63) is 12.8 Å². The highest BCUT2D eigenvalue weighted by atomic mass is 16.5. The molecule has 126 valence electrons. The van der Waals surface area contributed by atoms with E-state index in [1.807, 2.05) is 0 Å². The summed E-state index contributed by atoms with van der Waals surface area (Å²) in [6.07, 6.45) is 15.1. The third-order valence-electron chi connectivity index (χ3n) is 3.48. The zero-order valence-corrected chi connectivity index (χ0v) is 14.1. The molecule has 0 rings (SSSR count). The lowest BCUT2D eigenvalue weighted by Crippen LogP contribution is -2.08. The second kappa shape index (κ2) is 19.5. The van der Waals surface area contributed by atoms with Crippen molar-refractivity contribution in [2.75, 3.05) is 33.0 Å². The van der Waals surface area contributed by atoms with E-state index >= 15 is 0 Å². The van der Waals surface area contributed by atoms with Crippen LogP contribution in [0.1, 0.15) is 71.1 Å². The van der Waals surface area contributed by atoms with Crippen LogP contribution in [0.15, 0.2) is 12.8 Å². The lowest BCUT2D eigenvalue weighted by Gasteiger charge is -2.06. The standard InChI is InChI=1S/C18H36O3/c1-3-5-6-7-8-9-10-11-12-13-14-20-17-18-21-16-15-19-4-2/h4H,2-3,5-18H2,1H3. The van der Waals surface area contributed by atoms with Gasteiger partial charge in [0.05, 0.1) is 26.1 Å². The van der Waals surface area contributed by atoms with E-state index in [2.05, 4.69) is 13.5 Å². The molecule has 0 radical (unpaired) electrons. The summed E-state index contributed by atoms with van der Waals surface area (Å²) in [6, 6.07) is 0. The van der Waals surface area contributed by atoms with E-state index in [1.165, 1.54) is 70.5 Å². The van der Waals surface area contributed by atoms with Gasteiger partial charge in [-0.1, -0.05) is 71.3 Å². The maximum atomic E-state index is 5.53. The van der Waals surface area contributed by atoms with Crippen LogP contribution in [0.4, 0.5) is 0 Å². The highest BCUT2D eigenvalue weighted by molar-refractivity contribution is 4.48. The van der Waals surface area contributed by atoms with Crippen molar-refractivity contribution >= 4 is 0 Å². The fourth-order valence-electron chi connectivity index (χ4n) is 2.20. The van der Waals surface area contributed by atoms with Gasteiger partial charge in [-0.25, -0.2) is 0 Å². The first-order valence-electron chi connectivity index (χ1n) is 8.79. The fourth-order valence-corrected chi connectivity index (χ4v) is 2.20. The van der Waals surface area contributed by atoms with Crippen LogP contribution in [0.25, 0.3) is 0 Å². The molecule has 0 fully saturated rings. The second-order valence-electron chi connectivity index (χ2n) is 5.44. The van der Waals surface area contributed by atoms with Crippen LogP contribution in [0.5, 0.6) is 0 Å². The third kappa shape index (κ3) is 19.5. The lowest BCUT2D eigenvalue weighted by atomic mass is 10.1. The fraction of sp³-hybridized carbons (Fsp3) is 0.889. The smallest absolute Gasteiger partial charge is 0.111 e. The number of unbranched alkanes of at least 4 members (excludes halogenated alkanes) is 9. The van der Waals surface area contributed by atoms with Gasteiger partial charge < -0.3 is 14.2 Å². The van der Waals surface area contributed by atoms with Gasteiger partial charge in [0.15, 0.2) is 0 Å². The van der Waals surface area contributed by atoms with E-state index in [0.29, 0.717) is 26.4 Å². The molecule has 0 aliphatic rings. The van der Waals surface area contributed by atoms with Crippen LogP contribution in [0.3, 0.4) is 0 Å². The Bertz CT molecular complexity index is 195. The zero-order valence-electron chi connectivity index (χ0n) is 14.1. The van der Waals surface area contributed by atoms with E-state index in [1.54, 1.807) is 0 Å². The normalized spacial score (nSPS) is 10.7. The first-order chi connectivity index (χ1) is 10.4. The van der Waals surface area contributed by atoms with Gasteiger partial charge in [0.1, 0.15) is 6.61 Å². The highest BCUT2D eigenvalue weighted by Crippen LogP contribution is 2.10. The molecule has 0 atom stereocenters. The Kier molecular flexibility index (Phi) is 19.0. The first kappa shape index (κ1) is 20.5. The summed E-state index contributed by atoms with van der Waals surface area (Å²) in [5.74, 6) is 0. The topological polar surface area (TPSA) is 27.7 Å². The molecule has 3 heteroatoms. The van der Waals surface area contributed by atoms with Crippen molar-refractivity contribution in [1.82, 2.24) is 0 Å². The summed E-state index contributed by atoms with van der Waals surface area (Å²) in [6.45, 7) is 9.12. The highest BCUT2D eigenvalue weighted by Gasteiger charge is 1.94. The molecule has 0 aliphatic heterocycles. The van der Waals surface area contributed by atoms with Crippen molar-refractivity contribution in [3.8, 4) is 0 Å². The molecule has 0 bridgehead atoms. The second-order valence-corrected chi connectivity index (χ2v) is 5.44. The molecule has 0 amide bonds. The molecule has 0 aromatic carbocycles. The third-order valence-corrected chi connectivity index (χ3v) is 3.48. The Morgan fingerprint density at radius 1 is 0.619 bits per heavy atom. The molecule has 0 saturated heterocycles. The van der Waals surface area contributed by atoms with Crippen LogP contribution in [-0.2, 0) is 14.2 Å². The Morgan fingerprint density at radius 3 is 1.67 bits per heavy atom. The Balaban J connectivity index is 2.91. The first-order valence-corrected chi connectivity index (χ1v) is 8.79. The SMILES string of the molecule is C=COCCOCCOCCCCCCCCCCCC. The van der Waals surface area contributed by atoms with Gasteiger partial charge in [0.25, 0.3) is 0 Å². The molecule has 0 aromatic heterocycles. The van der Waals surface area contributed by atoms with E-state index in [4.69, 9.17) is 14.2 Å². The molecule has 3 nitrogen and oxygen atoms in total. The van der Waals surface area contributed by atoms with Crippen molar-refractivity contribution in [3.63, 3.8) is 0 Å². The van der Waals surface area contributed by atoms with Gasteiger partial charge in [-0.3, -0.25) is 0 Å². The quantitative estimate of drug-likeness (QED) is 0.260. The van der Waals surface area contributed by atoms with Crippen LogP contribution in [-0.4, -0.2) is 33.0 Å². The summed E-state index contributed by atoms with van der Waals surface area (Å²) in [4.78, 5) is 0. The summed E-state index contributed by atoms with van der Waals surface area (Å²) in [5, 5.41) is 0. The van der Waals surface area contributed by atoms with Crippen LogP contribution < -0.4 is 0 Å². The molecule has 0 heterocycles. The van der Waals surface area contributed by atoms with E-state index in [9.17, 15) is 0 Å². The van der Waals surface area contributed by atoms with Crippen molar-refractivity contribution < 1.29 is 14.2 Å². The molecule has 21 heavy (non-hydrogen) atoms. The van der Waals surface area contributed by atoms with E-state index in [0.717, 1.165) is 6.61 Å². The van der Waals surface area contributed by atoms with Gasteiger partial charge in [-0.15, -0.1) is 0 Å². The van der Waals surface area contributed by atoms with Crippen molar-refractivity contribution in [1.29, 1.82) is 0 Å². The van der Waals surface area contributed by atoms with Crippen LogP contribution >= 0.6 is 0 Å². The Hall–Kier alpha value is -0.540. The molecule has 0 spiro atoms. The average Bonchev–Trinajstić information content (AvgIpc) is 2.50. The Labute approximate surface area is 132 Å². The summed E-state index contributed by atoms with van der Waals surface area (Å²) in [5.41, 5.74) is 0. The predicted octanol–water partition coefficient (Wildman–Crippen LogP) is 5.10. The van der Waals surface area contributed by atoms with Crippen molar-refractivity contribution in [2.45, 2.75) is 71.1 Å². The molecule has 0 aliphatic carbocycles. The number of hydrogen-bond acceptors (Lipinski definition) is 3. The largest absolute Gasteiger partial charge is 0.499 e. The van der Waals surface area contributed by atoms with E-state index < -0.39 is 0 Å². The van der Waals surface area contributed by atoms with Gasteiger partial charge in [-0.05, 0) is 6.42 Å². The number of ether oxygens (including phenoxy) is 3. The van der Waals surface area contributed by atoms with Crippen LogP contribution in [0, 0.1) is 0 Å². The van der Waals surface area contributed by atoms with Crippen molar-refractivity contribution in [2.24, 2.45) is 0 Å². The maximum absolute atomic E-state index is 5.53. The zero-order chi connectivity index (χ0) is 15.4. The number of rotatable bonds is 18. The monoisotopic (exact) mass is 300 g/mol. The predicted molar refractivity (Wildman–Crippen MR) is 89.6 cm³/mol. The maximum Gasteiger partial charge on any atom is 0.111 e. The molecular weight excluding hydrogens is 264 g/mol. The molecule has 0 aromatic rings. The molecule has 0 N–H and O–H groups in total. The summed E-state index contributed by atoms with van der Waals surface area (Å²) >= 11 is 0.